The van der Waals surface area contributed by atoms with E-state index < -0.39 is 0 Å². The van der Waals surface area contributed by atoms with E-state index in [1.807, 2.05) is 11.3 Å². The summed E-state index contributed by atoms with van der Waals surface area (Å²) in [6, 6.07) is 5.52. The summed E-state index contributed by atoms with van der Waals surface area (Å²) >= 11 is 1.88. The molecule has 0 aliphatic carbocycles. The molecule has 1 aromatic rings. The van der Waals surface area contributed by atoms with Gasteiger partial charge in [-0.2, -0.15) is 0 Å². The molecule has 1 heterocycles. The minimum atomic E-state index is 0.203. The highest BCUT2D eigenvalue weighted by Gasteiger charge is 2.28. The summed E-state index contributed by atoms with van der Waals surface area (Å²) in [6.07, 6.45) is 1.01. The zero-order chi connectivity index (χ0) is 13.9. The highest BCUT2D eigenvalue weighted by molar-refractivity contribution is 7.12. The molecule has 3 heteroatoms. The molecule has 0 spiro atoms. The third kappa shape index (κ3) is 3.56. The lowest BCUT2D eigenvalue weighted by atomic mass is 9.98. The van der Waals surface area contributed by atoms with Gasteiger partial charge in [-0.3, -0.25) is 4.90 Å². The van der Waals surface area contributed by atoms with Crippen LogP contribution in [0.15, 0.2) is 12.1 Å². The first-order valence-electron chi connectivity index (χ1n) is 6.92. The first kappa shape index (κ1) is 15.7. The molecule has 3 unspecified atom stereocenters. The predicted molar refractivity (Wildman–Crippen MR) is 82.1 cm³/mol. The fraction of sp³-hybridized carbons (Fsp3) is 0.733. The summed E-state index contributed by atoms with van der Waals surface area (Å²) in [4.78, 5) is 5.21. The number of nitrogens with two attached hydrogens (primary N) is 1. The van der Waals surface area contributed by atoms with E-state index in [-0.39, 0.29) is 6.04 Å². The third-order valence-electron chi connectivity index (χ3n) is 3.98. The van der Waals surface area contributed by atoms with E-state index in [0.29, 0.717) is 18.0 Å². The maximum absolute atomic E-state index is 6.36. The summed E-state index contributed by atoms with van der Waals surface area (Å²) in [6.45, 7) is 11.2. The van der Waals surface area contributed by atoms with Crippen LogP contribution in [-0.4, -0.2) is 24.0 Å². The molecule has 104 valence electrons. The van der Waals surface area contributed by atoms with E-state index >= 15 is 0 Å². The Morgan fingerprint density at radius 1 is 1.28 bits per heavy atom. The molecule has 1 aromatic heterocycles. The van der Waals surface area contributed by atoms with Crippen molar-refractivity contribution in [2.45, 2.75) is 59.2 Å². The standard InChI is InChI=1S/C15H28N2S/c1-7-13(16)15(14-9-8-11(4)18-14)17(6)12(5)10(2)3/h8-10,12-13,15H,7,16H2,1-6H3. The molecular formula is C15H28N2S. The Morgan fingerprint density at radius 3 is 2.28 bits per heavy atom. The van der Waals surface area contributed by atoms with Crippen molar-refractivity contribution < 1.29 is 0 Å². The average molecular weight is 268 g/mol. The van der Waals surface area contributed by atoms with Crippen molar-refractivity contribution in [3.05, 3.63) is 21.9 Å². The molecule has 0 aromatic carbocycles. The van der Waals surface area contributed by atoms with E-state index in [1.165, 1.54) is 9.75 Å². The summed E-state index contributed by atoms with van der Waals surface area (Å²) in [5.74, 6) is 0.641. The highest BCUT2D eigenvalue weighted by Crippen LogP contribution is 2.32. The van der Waals surface area contributed by atoms with Gasteiger partial charge in [0.1, 0.15) is 0 Å². The zero-order valence-electron chi connectivity index (χ0n) is 12.6. The monoisotopic (exact) mass is 268 g/mol. The minimum absolute atomic E-state index is 0.203. The van der Waals surface area contributed by atoms with Gasteiger partial charge in [0.05, 0.1) is 6.04 Å². The molecular weight excluding hydrogens is 240 g/mol. The Hall–Kier alpha value is -0.380. The van der Waals surface area contributed by atoms with Crippen molar-refractivity contribution in [1.82, 2.24) is 4.90 Å². The van der Waals surface area contributed by atoms with Gasteiger partial charge < -0.3 is 5.73 Å². The number of aryl methyl sites for hydroxylation is 1. The van der Waals surface area contributed by atoms with Crippen LogP contribution in [0.4, 0.5) is 0 Å². The molecule has 0 aliphatic heterocycles. The van der Waals surface area contributed by atoms with Crippen LogP contribution in [0.3, 0.4) is 0 Å². The lowest BCUT2D eigenvalue weighted by molar-refractivity contribution is 0.129. The van der Waals surface area contributed by atoms with E-state index in [1.54, 1.807) is 0 Å². The van der Waals surface area contributed by atoms with Crippen LogP contribution in [0.2, 0.25) is 0 Å². The summed E-state index contributed by atoms with van der Waals surface area (Å²) in [7, 11) is 2.21. The molecule has 0 fully saturated rings. The van der Waals surface area contributed by atoms with Crippen molar-refractivity contribution in [2.75, 3.05) is 7.05 Å². The summed E-state index contributed by atoms with van der Waals surface area (Å²) < 4.78 is 0. The van der Waals surface area contributed by atoms with Crippen molar-refractivity contribution in [3.8, 4) is 0 Å². The van der Waals surface area contributed by atoms with Crippen molar-refractivity contribution in [1.29, 1.82) is 0 Å². The van der Waals surface area contributed by atoms with Gasteiger partial charge >= 0.3 is 0 Å². The Kier molecular flexibility index (Phi) is 5.83. The van der Waals surface area contributed by atoms with E-state index in [0.717, 1.165) is 6.42 Å². The van der Waals surface area contributed by atoms with Crippen LogP contribution in [0.1, 0.15) is 49.9 Å². The molecule has 3 atom stereocenters. The average Bonchev–Trinajstić information content (AvgIpc) is 2.74. The Balaban J connectivity index is 2.98. The molecule has 18 heavy (non-hydrogen) atoms. The summed E-state index contributed by atoms with van der Waals surface area (Å²) in [5, 5.41) is 0. The molecule has 0 saturated carbocycles. The van der Waals surface area contributed by atoms with Gasteiger partial charge in [-0.25, -0.2) is 0 Å². The van der Waals surface area contributed by atoms with Gasteiger partial charge in [-0.15, -0.1) is 11.3 Å². The Bertz CT molecular complexity index is 359. The zero-order valence-corrected chi connectivity index (χ0v) is 13.4. The fourth-order valence-corrected chi connectivity index (χ4v) is 3.38. The normalized spacial score (nSPS) is 17.2. The third-order valence-corrected chi connectivity index (χ3v) is 5.05. The number of thiophene rings is 1. The van der Waals surface area contributed by atoms with Gasteiger partial charge in [0, 0.05) is 21.8 Å². The smallest absolute Gasteiger partial charge is 0.0593 e. The van der Waals surface area contributed by atoms with Crippen LogP contribution in [0, 0.1) is 12.8 Å². The van der Waals surface area contributed by atoms with Gasteiger partial charge in [-0.1, -0.05) is 20.8 Å². The fourth-order valence-electron chi connectivity index (χ4n) is 2.27. The topological polar surface area (TPSA) is 29.3 Å². The van der Waals surface area contributed by atoms with Crippen LogP contribution in [0.25, 0.3) is 0 Å². The van der Waals surface area contributed by atoms with E-state index in [9.17, 15) is 0 Å². The van der Waals surface area contributed by atoms with Crippen molar-refractivity contribution in [3.63, 3.8) is 0 Å². The summed E-state index contributed by atoms with van der Waals surface area (Å²) in [5.41, 5.74) is 6.36. The quantitative estimate of drug-likeness (QED) is 0.850. The SMILES string of the molecule is CCC(N)C(c1ccc(C)s1)N(C)C(C)C(C)C. The molecule has 0 saturated heterocycles. The van der Waals surface area contributed by atoms with Gasteiger partial charge in [-0.05, 0) is 45.4 Å². The molecule has 1 rings (SSSR count). The number of likely N-dealkylation sites (N-methyl/N-ethyl adjacent to an activating group) is 1. The largest absolute Gasteiger partial charge is 0.326 e. The molecule has 0 bridgehead atoms. The second kappa shape index (κ2) is 6.69. The van der Waals surface area contributed by atoms with Gasteiger partial charge in [0.15, 0.2) is 0 Å². The van der Waals surface area contributed by atoms with Crippen LogP contribution in [0.5, 0.6) is 0 Å². The number of hydrogen-bond donors (Lipinski definition) is 1. The molecule has 0 aliphatic rings. The minimum Gasteiger partial charge on any atom is -0.326 e. The first-order valence-corrected chi connectivity index (χ1v) is 7.74. The van der Waals surface area contributed by atoms with Crippen LogP contribution >= 0.6 is 11.3 Å². The molecule has 0 radical (unpaired) electrons. The number of rotatable bonds is 6. The lowest BCUT2D eigenvalue weighted by Crippen LogP contribution is -2.44. The van der Waals surface area contributed by atoms with E-state index in [2.05, 4.69) is 58.7 Å². The maximum Gasteiger partial charge on any atom is 0.0593 e. The van der Waals surface area contributed by atoms with Gasteiger partial charge in [0.25, 0.3) is 0 Å². The molecule has 2 nitrogen and oxygen atoms in total. The Morgan fingerprint density at radius 2 is 1.89 bits per heavy atom. The van der Waals surface area contributed by atoms with Crippen LogP contribution in [-0.2, 0) is 0 Å². The first-order chi connectivity index (χ1) is 8.38. The lowest BCUT2D eigenvalue weighted by Gasteiger charge is -2.37. The second-order valence-corrected chi connectivity index (χ2v) is 6.93. The highest BCUT2D eigenvalue weighted by atomic mass is 32.1. The second-order valence-electron chi connectivity index (χ2n) is 5.62. The molecule has 0 amide bonds. The van der Waals surface area contributed by atoms with Crippen molar-refractivity contribution in [2.24, 2.45) is 11.7 Å². The maximum atomic E-state index is 6.36. The number of hydrogen-bond acceptors (Lipinski definition) is 3. The van der Waals surface area contributed by atoms with E-state index in [4.69, 9.17) is 5.73 Å². The van der Waals surface area contributed by atoms with Crippen molar-refractivity contribution >= 4 is 11.3 Å². The van der Waals surface area contributed by atoms with Gasteiger partial charge in [0.2, 0.25) is 0 Å². The predicted octanol–water partition coefficient (Wildman–Crippen LogP) is 3.81. The number of nitrogens with zero attached hydrogens (tertiary/aromatic N) is 1. The molecule has 2 N–H and O–H groups in total. The van der Waals surface area contributed by atoms with Crippen LogP contribution < -0.4 is 5.73 Å². The Labute approximate surface area is 116 Å².